The maximum Gasteiger partial charge on any atom is 0.252 e. The lowest BCUT2D eigenvalue weighted by Gasteiger charge is -2.34. The minimum Gasteiger partial charge on any atom is -0.310 e. The molecule has 8 heteroatoms. The lowest BCUT2D eigenvalue weighted by Crippen LogP contribution is -2.44. The van der Waals surface area contributed by atoms with Crippen LogP contribution < -0.4 is 16.4 Å². The molecule has 0 bridgehead atoms. The summed E-state index contributed by atoms with van der Waals surface area (Å²) in [6.45, 7) is 5.40. The van der Waals surface area contributed by atoms with Crippen LogP contribution >= 0.6 is 0 Å². The van der Waals surface area contributed by atoms with Gasteiger partial charge in [-0.2, -0.15) is 0 Å². The number of likely N-dealkylation sites (tertiary alicyclic amines) is 1. The zero-order valence-corrected chi connectivity index (χ0v) is 17.6. The maximum absolute atomic E-state index is 13.7. The number of halogens is 1. The molecule has 162 valence electrons. The van der Waals surface area contributed by atoms with Gasteiger partial charge >= 0.3 is 0 Å². The molecule has 0 aromatic carbocycles. The molecule has 2 aliphatic rings. The zero-order valence-electron chi connectivity index (χ0n) is 17.6. The van der Waals surface area contributed by atoms with Crippen molar-refractivity contribution in [2.45, 2.75) is 44.9 Å². The van der Waals surface area contributed by atoms with Gasteiger partial charge in [0.15, 0.2) is 0 Å². The highest BCUT2D eigenvalue weighted by molar-refractivity contribution is 5.76. The smallest absolute Gasteiger partial charge is 0.252 e. The number of hydrogen-bond donors (Lipinski definition) is 1. The van der Waals surface area contributed by atoms with Crippen LogP contribution in [-0.4, -0.2) is 44.7 Å². The lowest BCUT2D eigenvalue weighted by molar-refractivity contribution is 0.171. The Kier molecular flexibility index (Phi) is 5.19. The van der Waals surface area contributed by atoms with E-state index in [1.54, 1.807) is 52.6 Å². The molecule has 5 rings (SSSR count). The van der Waals surface area contributed by atoms with E-state index in [4.69, 9.17) is 0 Å². The Morgan fingerprint density at radius 1 is 1.13 bits per heavy atom. The maximum atomic E-state index is 13.7. The van der Waals surface area contributed by atoms with Gasteiger partial charge in [0.2, 0.25) is 0 Å². The van der Waals surface area contributed by atoms with Crippen molar-refractivity contribution in [3.05, 3.63) is 74.3 Å². The first-order valence-corrected chi connectivity index (χ1v) is 10.8. The third kappa shape index (κ3) is 3.81. The molecule has 0 spiro atoms. The average Bonchev–Trinajstić information content (AvgIpc) is 3.15. The highest BCUT2D eigenvalue weighted by Crippen LogP contribution is 2.25. The Balaban J connectivity index is 1.21. The molecule has 2 aliphatic heterocycles. The highest BCUT2D eigenvalue weighted by atomic mass is 19.1. The molecule has 7 nitrogen and oxygen atoms in total. The van der Waals surface area contributed by atoms with Crippen LogP contribution in [0.5, 0.6) is 0 Å². The van der Waals surface area contributed by atoms with Gasteiger partial charge in [-0.25, -0.2) is 4.39 Å². The molecule has 3 aromatic rings. The monoisotopic (exact) mass is 423 g/mol. The molecule has 0 aliphatic carbocycles. The summed E-state index contributed by atoms with van der Waals surface area (Å²) in [6, 6.07) is 8.63. The van der Waals surface area contributed by atoms with Gasteiger partial charge in [0.05, 0.1) is 11.7 Å². The SMILES string of the molecule is Cc1ncc(CNC2CCN(C[C@@H]3Cn4c(=O)ccc5ccc(=O)n3c54)CC2)cc1F. The van der Waals surface area contributed by atoms with Crippen LogP contribution in [0, 0.1) is 12.7 Å². The number of piperidine rings is 1. The number of rotatable bonds is 5. The summed E-state index contributed by atoms with van der Waals surface area (Å²) in [5.74, 6) is -0.268. The third-order valence-electron chi connectivity index (χ3n) is 6.55. The van der Waals surface area contributed by atoms with E-state index in [0.29, 0.717) is 24.8 Å². The third-order valence-corrected chi connectivity index (χ3v) is 6.55. The minimum absolute atomic E-state index is 0.0302. The quantitative estimate of drug-likeness (QED) is 0.678. The van der Waals surface area contributed by atoms with Gasteiger partial charge in [-0.05, 0) is 56.6 Å². The second-order valence-electron chi connectivity index (χ2n) is 8.62. The zero-order chi connectivity index (χ0) is 21.5. The lowest BCUT2D eigenvalue weighted by atomic mass is 10.0. The largest absolute Gasteiger partial charge is 0.310 e. The van der Waals surface area contributed by atoms with E-state index in [0.717, 1.165) is 49.1 Å². The van der Waals surface area contributed by atoms with Crippen LogP contribution in [0.2, 0.25) is 0 Å². The fraction of sp³-hybridized carbons (Fsp3) is 0.435. The first-order valence-electron chi connectivity index (χ1n) is 10.8. The van der Waals surface area contributed by atoms with Crippen molar-refractivity contribution in [1.82, 2.24) is 24.3 Å². The molecule has 5 heterocycles. The number of hydrogen-bond acceptors (Lipinski definition) is 5. The van der Waals surface area contributed by atoms with Crippen LogP contribution in [0.25, 0.3) is 11.0 Å². The highest BCUT2D eigenvalue weighted by Gasteiger charge is 2.29. The summed E-state index contributed by atoms with van der Waals surface area (Å²) in [5, 5.41) is 4.43. The number of aryl methyl sites for hydroxylation is 1. The molecule has 3 aromatic heterocycles. The Morgan fingerprint density at radius 2 is 1.87 bits per heavy atom. The van der Waals surface area contributed by atoms with E-state index in [1.807, 2.05) is 0 Å². The molecule has 1 N–H and O–H groups in total. The summed E-state index contributed by atoms with van der Waals surface area (Å²) < 4.78 is 17.2. The molecule has 0 radical (unpaired) electrons. The Labute approximate surface area is 179 Å². The van der Waals surface area contributed by atoms with Crippen molar-refractivity contribution in [1.29, 1.82) is 0 Å². The number of nitrogens with one attached hydrogen (secondary N) is 1. The fourth-order valence-electron chi connectivity index (χ4n) is 4.81. The van der Waals surface area contributed by atoms with Crippen molar-refractivity contribution in [3.63, 3.8) is 0 Å². The van der Waals surface area contributed by atoms with Crippen molar-refractivity contribution in [2.24, 2.45) is 0 Å². The predicted octanol–water partition coefficient (Wildman–Crippen LogP) is 1.81. The van der Waals surface area contributed by atoms with Crippen LogP contribution in [0.1, 0.15) is 30.1 Å². The summed E-state index contributed by atoms with van der Waals surface area (Å²) in [5.41, 5.74) is 1.90. The molecule has 31 heavy (non-hydrogen) atoms. The molecule has 0 amide bonds. The fourth-order valence-corrected chi connectivity index (χ4v) is 4.81. The van der Waals surface area contributed by atoms with Crippen LogP contribution in [0.4, 0.5) is 4.39 Å². The summed E-state index contributed by atoms with van der Waals surface area (Å²) in [6.07, 6.45) is 3.69. The van der Waals surface area contributed by atoms with Gasteiger partial charge in [-0.3, -0.25) is 23.7 Å². The number of pyridine rings is 3. The first-order chi connectivity index (χ1) is 15.0. The van der Waals surface area contributed by atoms with Crippen LogP contribution in [-0.2, 0) is 13.1 Å². The van der Waals surface area contributed by atoms with E-state index in [-0.39, 0.29) is 23.0 Å². The van der Waals surface area contributed by atoms with Gasteiger partial charge in [0.25, 0.3) is 11.1 Å². The molecule has 1 fully saturated rings. The van der Waals surface area contributed by atoms with E-state index >= 15 is 0 Å². The summed E-state index contributed by atoms with van der Waals surface area (Å²) >= 11 is 0. The first kappa shape index (κ1) is 20.1. The van der Waals surface area contributed by atoms with Gasteiger partial charge in [-0.1, -0.05) is 0 Å². The van der Waals surface area contributed by atoms with E-state index in [1.165, 1.54) is 0 Å². The van der Waals surface area contributed by atoms with E-state index < -0.39 is 0 Å². The summed E-state index contributed by atoms with van der Waals surface area (Å²) in [7, 11) is 0. The van der Waals surface area contributed by atoms with Gasteiger partial charge < -0.3 is 10.2 Å². The van der Waals surface area contributed by atoms with Crippen molar-refractivity contribution in [2.75, 3.05) is 19.6 Å². The van der Waals surface area contributed by atoms with Crippen molar-refractivity contribution >= 4 is 11.0 Å². The molecular formula is C23H26FN5O2. The minimum atomic E-state index is -0.268. The van der Waals surface area contributed by atoms with E-state index in [2.05, 4.69) is 15.2 Å². The van der Waals surface area contributed by atoms with Gasteiger partial charge in [0, 0.05) is 49.4 Å². The molecule has 1 atom stereocenters. The average molecular weight is 423 g/mol. The Bertz CT molecular complexity index is 1240. The van der Waals surface area contributed by atoms with Crippen molar-refractivity contribution in [3.8, 4) is 0 Å². The summed E-state index contributed by atoms with van der Waals surface area (Å²) in [4.78, 5) is 31.3. The standard InChI is InChI=1S/C23H26FN5O2/c1-15-20(24)10-16(11-25-15)12-26-18-6-8-27(9-7-18)13-19-14-28-21(30)4-2-17-3-5-22(31)29(19)23(17)28/h2-5,10-11,18-19,26H,6-9,12-14H2,1H3/t19-/m1/s1. The number of aromatic nitrogens is 3. The van der Waals surface area contributed by atoms with Crippen molar-refractivity contribution < 1.29 is 4.39 Å². The molecular weight excluding hydrogens is 397 g/mol. The van der Waals surface area contributed by atoms with Gasteiger partial charge in [-0.15, -0.1) is 0 Å². The van der Waals surface area contributed by atoms with Gasteiger partial charge in [0.1, 0.15) is 11.5 Å². The second kappa shape index (κ2) is 8.01. The van der Waals surface area contributed by atoms with Crippen LogP contribution in [0.15, 0.2) is 46.1 Å². The Morgan fingerprint density at radius 3 is 2.61 bits per heavy atom. The number of nitrogens with zero attached hydrogens (tertiary/aromatic N) is 4. The molecule has 0 saturated carbocycles. The van der Waals surface area contributed by atoms with E-state index in [9.17, 15) is 14.0 Å². The normalized spacial score (nSPS) is 19.4. The molecule has 1 saturated heterocycles. The Hall–Kier alpha value is -2.84. The second-order valence-corrected chi connectivity index (χ2v) is 8.62. The molecule has 0 unspecified atom stereocenters. The topological polar surface area (TPSA) is 72.2 Å². The predicted molar refractivity (Wildman–Crippen MR) is 117 cm³/mol. The van der Waals surface area contributed by atoms with Crippen LogP contribution in [0.3, 0.4) is 0 Å².